The fourth-order valence-electron chi connectivity index (χ4n) is 2.04. The smallest absolute Gasteiger partial charge is 0.241 e. The molecule has 1 rings (SSSR count). The SMILES string of the molecule is CC(C)N(CCO)C(C)C(=O)Nc1cc(Cl)ccc1N. The van der Waals surface area contributed by atoms with Gasteiger partial charge in [0.2, 0.25) is 5.91 Å². The predicted molar refractivity (Wildman–Crippen MR) is 82.9 cm³/mol. The van der Waals surface area contributed by atoms with Gasteiger partial charge in [0, 0.05) is 17.6 Å². The van der Waals surface area contributed by atoms with E-state index in [1.54, 1.807) is 25.1 Å². The van der Waals surface area contributed by atoms with E-state index >= 15 is 0 Å². The topological polar surface area (TPSA) is 78.6 Å². The Kier molecular flexibility index (Phi) is 6.26. The van der Waals surface area contributed by atoms with Crippen molar-refractivity contribution in [1.82, 2.24) is 4.90 Å². The van der Waals surface area contributed by atoms with Crippen molar-refractivity contribution < 1.29 is 9.90 Å². The van der Waals surface area contributed by atoms with Crippen molar-refractivity contribution in [2.45, 2.75) is 32.9 Å². The third kappa shape index (κ3) is 4.37. The Hall–Kier alpha value is -1.30. The van der Waals surface area contributed by atoms with E-state index < -0.39 is 0 Å². The first-order valence-electron chi connectivity index (χ1n) is 6.59. The Balaban J connectivity index is 2.81. The molecule has 1 aromatic rings. The maximum Gasteiger partial charge on any atom is 0.241 e. The maximum atomic E-state index is 12.3. The first-order valence-corrected chi connectivity index (χ1v) is 6.97. The van der Waals surface area contributed by atoms with Gasteiger partial charge < -0.3 is 16.2 Å². The molecule has 6 heteroatoms. The average molecular weight is 300 g/mol. The largest absolute Gasteiger partial charge is 0.397 e. The van der Waals surface area contributed by atoms with Crippen molar-refractivity contribution in [3.63, 3.8) is 0 Å². The van der Waals surface area contributed by atoms with Crippen molar-refractivity contribution in [2.24, 2.45) is 0 Å². The number of nitrogen functional groups attached to an aromatic ring is 1. The molecular formula is C14H22ClN3O2. The van der Waals surface area contributed by atoms with Crippen LogP contribution in [-0.2, 0) is 4.79 Å². The highest BCUT2D eigenvalue weighted by Crippen LogP contribution is 2.23. The van der Waals surface area contributed by atoms with Crippen LogP contribution in [0.3, 0.4) is 0 Å². The van der Waals surface area contributed by atoms with Crippen LogP contribution in [0.4, 0.5) is 11.4 Å². The van der Waals surface area contributed by atoms with Gasteiger partial charge in [-0.3, -0.25) is 9.69 Å². The minimum Gasteiger partial charge on any atom is -0.397 e. The van der Waals surface area contributed by atoms with Gasteiger partial charge in [-0.1, -0.05) is 11.6 Å². The van der Waals surface area contributed by atoms with Crippen LogP contribution in [-0.4, -0.2) is 41.1 Å². The van der Waals surface area contributed by atoms with Gasteiger partial charge in [0.25, 0.3) is 0 Å². The van der Waals surface area contributed by atoms with Gasteiger partial charge in [0.15, 0.2) is 0 Å². The Morgan fingerprint density at radius 3 is 2.65 bits per heavy atom. The number of nitrogens with zero attached hydrogens (tertiary/aromatic N) is 1. The molecule has 112 valence electrons. The predicted octanol–water partition coefficient (Wildman–Crippen LogP) is 1.95. The number of amides is 1. The third-order valence-corrected chi connectivity index (χ3v) is 3.41. The van der Waals surface area contributed by atoms with Gasteiger partial charge in [-0.15, -0.1) is 0 Å². The zero-order valence-electron chi connectivity index (χ0n) is 12.1. The molecule has 0 saturated heterocycles. The number of anilines is 2. The standard InChI is InChI=1S/C14H22ClN3O2/c1-9(2)18(6-7-19)10(3)14(20)17-13-8-11(15)4-5-12(13)16/h4-5,8-10,19H,6-7,16H2,1-3H3,(H,17,20). The molecule has 1 atom stereocenters. The summed E-state index contributed by atoms with van der Waals surface area (Å²) in [6.45, 7) is 6.21. The molecule has 0 aromatic heterocycles. The van der Waals surface area contributed by atoms with Crippen molar-refractivity contribution in [3.8, 4) is 0 Å². The molecule has 1 amide bonds. The highest BCUT2D eigenvalue weighted by molar-refractivity contribution is 6.31. The van der Waals surface area contributed by atoms with E-state index in [0.717, 1.165) is 0 Å². The number of aliphatic hydroxyl groups excluding tert-OH is 1. The highest BCUT2D eigenvalue weighted by atomic mass is 35.5. The van der Waals surface area contributed by atoms with Crippen molar-refractivity contribution >= 4 is 28.9 Å². The second kappa shape index (κ2) is 7.47. The van der Waals surface area contributed by atoms with E-state index in [9.17, 15) is 4.79 Å². The molecule has 5 nitrogen and oxygen atoms in total. The molecule has 0 fully saturated rings. The molecule has 0 bridgehead atoms. The van der Waals surface area contributed by atoms with E-state index in [-0.39, 0.29) is 24.6 Å². The summed E-state index contributed by atoms with van der Waals surface area (Å²) in [5.74, 6) is -0.180. The second-order valence-electron chi connectivity index (χ2n) is 4.95. The van der Waals surface area contributed by atoms with Gasteiger partial charge >= 0.3 is 0 Å². The van der Waals surface area contributed by atoms with Crippen molar-refractivity contribution in [3.05, 3.63) is 23.2 Å². The summed E-state index contributed by atoms with van der Waals surface area (Å²) in [6, 6.07) is 4.71. The number of rotatable bonds is 6. The summed E-state index contributed by atoms with van der Waals surface area (Å²) < 4.78 is 0. The Morgan fingerprint density at radius 2 is 2.10 bits per heavy atom. The van der Waals surface area contributed by atoms with E-state index in [2.05, 4.69) is 5.32 Å². The molecule has 20 heavy (non-hydrogen) atoms. The van der Waals surface area contributed by atoms with E-state index in [4.69, 9.17) is 22.4 Å². The molecule has 0 aliphatic heterocycles. The molecule has 1 unspecified atom stereocenters. The van der Waals surface area contributed by atoms with Gasteiger partial charge in [-0.05, 0) is 39.0 Å². The summed E-state index contributed by atoms with van der Waals surface area (Å²) in [7, 11) is 0. The number of benzene rings is 1. The fourth-order valence-corrected chi connectivity index (χ4v) is 2.21. The number of nitrogens with two attached hydrogens (primary N) is 1. The Morgan fingerprint density at radius 1 is 1.45 bits per heavy atom. The van der Waals surface area contributed by atoms with Crippen LogP contribution in [0.25, 0.3) is 0 Å². The minimum atomic E-state index is -0.375. The molecule has 1 aromatic carbocycles. The number of nitrogens with one attached hydrogen (secondary N) is 1. The van der Waals surface area contributed by atoms with Crippen molar-refractivity contribution in [2.75, 3.05) is 24.2 Å². The average Bonchev–Trinajstić information content (AvgIpc) is 2.39. The number of carbonyl (C=O) groups is 1. The maximum absolute atomic E-state index is 12.3. The summed E-state index contributed by atoms with van der Waals surface area (Å²) in [5, 5.41) is 12.4. The molecule has 0 spiro atoms. The molecule has 0 heterocycles. The van der Waals surface area contributed by atoms with E-state index in [1.165, 1.54) is 0 Å². The highest BCUT2D eigenvalue weighted by Gasteiger charge is 2.23. The normalized spacial score (nSPS) is 12.8. The van der Waals surface area contributed by atoms with Crippen LogP contribution in [0.2, 0.25) is 5.02 Å². The second-order valence-corrected chi connectivity index (χ2v) is 5.39. The lowest BCUT2D eigenvalue weighted by Gasteiger charge is -2.31. The molecule has 0 aliphatic carbocycles. The zero-order valence-corrected chi connectivity index (χ0v) is 12.8. The summed E-state index contributed by atoms with van der Waals surface area (Å²) in [5.41, 5.74) is 6.77. The van der Waals surface area contributed by atoms with Gasteiger partial charge in [0.05, 0.1) is 24.0 Å². The summed E-state index contributed by atoms with van der Waals surface area (Å²) in [6.07, 6.45) is 0. The van der Waals surface area contributed by atoms with E-state index in [1.807, 2.05) is 18.7 Å². The summed E-state index contributed by atoms with van der Waals surface area (Å²) in [4.78, 5) is 14.2. The van der Waals surface area contributed by atoms with Crippen LogP contribution >= 0.6 is 11.6 Å². The molecular weight excluding hydrogens is 278 g/mol. The zero-order chi connectivity index (χ0) is 15.3. The van der Waals surface area contributed by atoms with Crippen molar-refractivity contribution in [1.29, 1.82) is 0 Å². The minimum absolute atomic E-state index is 0.00903. The van der Waals surface area contributed by atoms with Crippen LogP contribution in [0.1, 0.15) is 20.8 Å². The molecule has 0 aliphatic rings. The number of halogens is 1. The van der Waals surface area contributed by atoms with E-state index in [0.29, 0.717) is 22.9 Å². The number of carbonyl (C=O) groups excluding carboxylic acids is 1. The lowest BCUT2D eigenvalue weighted by Crippen LogP contribution is -2.47. The Labute approximate surface area is 124 Å². The van der Waals surface area contributed by atoms with Gasteiger partial charge in [0.1, 0.15) is 0 Å². The first kappa shape index (κ1) is 16.8. The van der Waals surface area contributed by atoms with Crippen LogP contribution < -0.4 is 11.1 Å². The van der Waals surface area contributed by atoms with Crippen LogP contribution in [0, 0.1) is 0 Å². The van der Waals surface area contributed by atoms with Gasteiger partial charge in [-0.25, -0.2) is 0 Å². The number of hydrogen-bond acceptors (Lipinski definition) is 4. The van der Waals surface area contributed by atoms with Crippen LogP contribution in [0.15, 0.2) is 18.2 Å². The summed E-state index contributed by atoms with van der Waals surface area (Å²) >= 11 is 5.89. The lowest BCUT2D eigenvalue weighted by molar-refractivity contribution is -0.121. The number of hydrogen-bond donors (Lipinski definition) is 3. The first-order chi connectivity index (χ1) is 9.36. The Bertz CT molecular complexity index is 466. The van der Waals surface area contributed by atoms with Crippen LogP contribution in [0.5, 0.6) is 0 Å². The quantitative estimate of drug-likeness (QED) is 0.702. The molecule has 0 radical (unpaired) electrons. The lowest BCUT2D eigenvalue weighted by atomic mass is 10.2. The molecule has 4 N–H and O–H groups in total. The third-order valence-electron chi connectivity index (χ3n) is 3.17. The monoisotopic (exact) mass is 299 g/mol. The number of aliphatic hydroxyl groups is 1. The van der Waals surface area contributed by atoms with Gasteiger partial charge in [-0.2, -0.15) is 0 Å². The molecule has 0 saturated carbocycles. The fraction of sp³-hybridized carbons (Fsp3) is 0.500.